The van der Waals surface area contributed by atoms with Crippen molar-refractivity contribution in [3.05, 3.63) is 41.9 Å². The summed E-state index contributed by atoms with van der Waals surface area (Å²) in [7, 11) is 0. The van der Waals surface area contributed by atoms with Crippen molar-refractivity contribution in [3.8, 4) is 0 Å². The number of rotatable bonds is 2. The van der Waals surface area contributed by atoms with E-state index < -0.39 is 0 Å². The van der Waals surface area contributed by atoms with Gasteiger partial charge in [-0.05, 0) is 31.5 Å². The summed E-state index contributed by atoms with van der Waals surface area (Å²) >= 11 is 0. The average molecular weight is 337 g/mol. The van der Waals surface area contributed by atoms with Crippen LogP contribution in [-0.4, -0.2) is 62.4 Å². The first kappa shape index (κ1) is 15.5. The second kappa shape index (κ2) is 6.46. The summed E-state index contributed by atoms with van der Waals surface area (Å²) in [6.45, 7) is 4.90. The molecule has 25 heavy (non-hydrogen) atoms. The molecule has 0 radical (unpaired) electrons. The van der Waals surface area contributed by atoms with Crippen LogP contribution in [0.1, 0.15) is 22.5 Å². The van der Waals surface area contributed by atoms with Crippen LogP contribution in [0.3, 0.4) is 0 Å². The minimum Gasteiger partial charge on any atom is -0.353 e. The highest BCUT2D eigenvalue weighted by molar-refractivity contribution is 5.97. The van der Waals surface area contributed by atoms with Crippen LogP contribution in [0, 0.1) is 6.92 Å². The van der Waals surface area contributed by atoms with Crippen molar-refractivity contribution < 1.29 is 4.79 Å². The first-order chi connectivity index (χ1) is 12.2. The number of aromatic amines is 1. The third-order valence-corrected chi connectivity index (χ3v) is 4.51. The average Bonchev–Trinajstić information content (AvgIpc) is 2.87. The van der Waals surface area contributed by atoms with Gasteiger partial charge in [0.25, 0.3) is 5.91 Å². The normalized spacial score (nSPS) is 15.4. The van der Waals surface area contributed by atoms with Crippen LogP contribution in [0.4, 0.5) is 5.82 Å². The molecule has 4 heterocycles. The summed E-state index contributed by atoms with van der Waals surface area (Å²) in [5, 5.41) is 16.0. The highest BCUT2D eigenvalue weighted by atomic mass is 16.2. The Hall–Kier alpha value is -3.03. The standard InChI is InChI=1S/C17H19N7O/c1-12-14-10-13(11-18-16(14)22-20-12)17(25)24-7-3-6-23(8-9-24)15-4-2-5-19-21-15/h2,4-5,10-11H,3,6-9H2,1H3,(H,18,20,22). The van der Waals surface area contributed by atoms with Gasteiger partial charge >= 0.3 is 0 Å². The van der Waals surface area contributed by atoms with Crippen LogP contribution in [-0.2, 0) is 0 Å². The smallest absolute Gasteiger partial charge is 0.255 e. The van der Waals surface area contributed by atoms with Gasteiger partial charge in [0.15, 0.2) is 11.5 Å². The molecule has 0 saturated carbocycles. The first-order valence-electron chi connectivity index (χ1n) is 8.35. The summed E-state index contributed by atoms with van der Waals surface area (Å²) in [5.41, 5.74) is 2.16. The number of hydrogen-bond donors (Lipinski definition) is 1. The van der Waals surface area contributed by atoms with E-state index in [1.165, 1.54) is 0 Å². The van der Waals surface area contributed by atoms with Gasteiger partial charge in [-0.25, -0.2) is 4.98 Å². The molecule has 1 fully saturated rings. The van der Waals surface area contributed by atoms with Gasteiger partial charge < -0.3 is 9.80 Å². The highest BCUT2D eigenvalue weighted by Crippen LogP contribution is 2.17. The number of aromatic nitrogens is 5. The van der Waals surface area contributed by atoms with Crippen LogP contribution in [0.2, 0.25) is 0 Å². The van der Waals surface area contributed by atoms with Crippen LogP contribution in [0.15, 0.2) is 30.6 Å². The Morgan fingerprint density at radius 3 is 3.00 bits per heavy atom. The molecule has 0 spiro atoms. The zero-order chi connectivity index (χ0) is 17.2. The maximum atomic E-state index is 12.9. The number of anilines is 1. The minimum absolute atomic E-state index is 0.0102. The van der Waals surface area contributed by atoms with Crippen molar-refractivity contribution in [3.63, 3.8) is 0 Å². The van der Waals surface area contributed by atoms with E-state index >= 15 is 0 Å². The topological polar surface area (TPSA) is 90.9 Å². The number of pyridine rings is 1. The fraction of sp³-hybridized carbons (Fsp3) is 0.353. The Morgan fingerprint density at radius 1 is 1.24 bits per heavy atom. The summed E-state index contributed by atoms with van der Waals surface area (Å²) < 4.78 is 0. The highest BCUT2D eigenvalue weighted by Gasteiger charge is 2.22. The van der Waals surface area contributed by atoms with E-state index in [1.54, 1.807) is 12.4 Å². The van der Waals surface area contributed by atoms with E-state index in [4.69, 9.17) is 0 Å². The van der Waals surface area contributed by atoms with E-state index in [2.05, 4.69) is 30.3 Å². The number of fused-ring (bicyclic) bond motifs is 1. The van der Waals surface area contributed by atoms with Crippen LogP contribution < -0.4 is 4.90 Å². The zero-order valence-electron chi connectivity index (χ0n) is 14.0. The van der Waals surface area contributed by atoms with Crippen molar-refractivity contribution in [2.24, 2.45) is 0 Å². The van der Waals surface area contributed by atoms with Gasteiger partial charge in [0, 0.05) is 49.7 Å². The fourth-order valence-electron chi connectivity index (χ4n) is 3.13. The Morgan fingerprint density at radius 2 is 2.16 bits per heavy atom. The third kappa shape index (κ3) is 3.02. The quantitative estimate of drug-likeness (QED) is 0.760. The van der Waals surface area contributed by atoms with E-state index in [0.717, 1.165) is 43.0 Å². The van der Waals surface area contributed by atoms with Crippen molar-refractivity contribution in [1.82, 2.24) is 30.3 Å². The molecule has 3 aromatic heterocycles. The second-order valence-corrected chi connectivity index (χ2v) is 6.16. The molecule has 3 aromatic rings. The zero-order valence-corrected chi connectivity index (χ0v) is 14.0. The Balaban J connectivity index is 1.51. The lowest BCUT2D eigenvalue weighted by molar-refractivity contribution is 0.0767. The number of hydrogen-bond acceptors (Lipinski definition) is 6. The second-order valence-electron chi connectivity index (χ2n) is 6.16. The van der Waals surface area contributed by atoms with Gasteiger partial charge in [-0.15, -0.1) is 5.10 Å². The maximum Gasteiger partial charge on any atom is 0.255 e. The van der Waals surface area contributed by atoms with Gasteiger partial charge in [-0.2, -0.15) is 10.2 Å². The number of nitrogens with one attached hydrogen (secondary N) is 1. The molecular weight excluding hydrogens is 318 g/mol. The number of H-pyrrole nitrogens is 1. The summed E-state index contributed by atoms with van der Waals surface area (Å²) in [5.74, 6) is 0.866. The number of amides is 1. The summed E-state index contributed by atoms with van der Waals surface area (Å²) in [6, 6.07) is 5.70. The fourth-order valence-corrected chi connectivity index (χ4v) is 3.13. The van der Waals surface area contributed by atoms with E-state index in [0.29, 0.717) is 17.8 Å². The summed E-state index contributed by atoms with van der Waals surface area (Å²) in [6.07, 6.45) is 4.16. The maximum absolute atomic E-state index is 12.9. The van der Waals surface area contributed by atoms with Crippen molar-refractivity contribution in [2.45, 2.75) is 13.3 Å². The predicted octanol–water partition coefficient (Wildman–Crippen LogP) is 1.41. The largest absolute Gasteiger partial charge is 0.353 e. The molecule has 128 valence electrons. The van der Waals surface area contributed by atoms with Crippen LogP contribution in [0.25, 0.3) is 11.0 Å². The number of carbonyl (C=O) groups excluding carboxylic acids is 1. The molecule has 8 heteroatoms. The van der Waals surface area contributed by atoms with E-state index in [1.807, 2.05) is 30.0 Å². The van der Waals surface area contributed by atoms with Crippen molar-refractivity contribution in [2.75, 3.05) is 31.1 Å². The molecule has 0 atom stereocenters. The van der Waals surface area contributed by atoms with Gasteiger partial charge in [-0.1, -0.05) is 0 Å². The first-order valence-corrected chi connectivity index (χ1v) is 8.35. The van der Waals surface area contributed by atoms with Gasteiger partial charge in [0.2, 0.25) is 0 Å². The van der Waals surface area contributed by atoms with Crippen LogP contribution >= 0.6 is 0 Å². The molecule has 0 aromatic carbocycles. The molecule has 8 nitrogen and oxygen atoms in total. The van der Waals surface area contributed by atoms with Gasteiger partial charge in [-0.3, -0.25) is 9.89 Å². The lowest BCUT2D eigenvalue weighted by atomic mass is 10.2. The Bertz CT molecular complexity index is 892. The lowest BCUT2D eigenvalue weighted by Gasteiger charge is -2.22. The molecule has 1 saturated heterocycles. The number of nitrogens with zero attached hydrogens (tertiary/aromatic N) is 6. The molecule has 0 unspecified atom stereocenters. The Kier molecular flexibility index (Phi) is 4.01. The van der Waals surface area contributed by atoms with Gasteiger partial charge in [0.05, 0.1) is 5.56 Å². The van der Waals surface area contributed by atoms with Crippen molar-refractivity contribution >= 4 is 22.8 Å². The van der Waals surface area contributed by atoms with E-state index in [9.17, 15) is 4.79 Å². The van der Waals surface area contributed by atoms with Crippen molar-refractivity contribution in [1.29, 1.82) is 0 Å². The monoisotopic (exact) mass is 337 g/mol. The molecular formula is C17H19N7O. The third-order valence-electron chi connectivity index (χ3n) is 4.51. The SMILES string of the molecule is Cc1[nH]nc2ncc(C(=O)N3CCCN(c4cccnn4)CC3)cc12. The lowest BCUT2D eigenvalue weighted by Crippen LogP contribution is -2.35. The Labute approximate surface area is 144 Å². The molecule has 0 bridgehead atoms. The van der Waals surface area contributed by atoms with Crippen LogP contribution in [0.5, 0.6) is 0 Å². The summed E-state index contributed by atoms with van der Waals surface area (Å²) in [4.78, 5) is 21.2. The molecule has 1 aliphatic rings. The molecule has 1 N–H and O–H groups in total. The van der Waals surface area contributed by atoms with E-state index in [-0.39, 0.29) is 5.91 Å². The minimum atomic E-state index is 0.0102. The molecule has 4 rings (SSSR count). The molecule has 1 amide bonds. The number of carbonyl (C=O) groups is 1. The molecule has 1 aliphatic heterocycles. The number of aryl methyl sites for hydroxylation is 1. The van der Waals surface area contributed by atoms with Gasteiger partial charge in [0.1, 0.15) is 0 Å². The predicted molar refractivity (Wildman–Crippen MR) is 93.4 cm³/mol. The molecule has 0 aliphatic carbocycles.